The van der Waals surface area contributed by atoms with Crippen LogP contribution in [0, 0.1) is 0 Å². The summed E-state index contributed by atoms with van der Waals surface area (Å²) in [7, 11) is 0. The second kappa shape index (κ2) is 10.1. The van der Waals surface area contributed by atoms with Gasteiger partial charge in [-0.3, -0.25) is 4.79 Å². The van der Waals surface area contributed by atoms with Crippen LogP contribution in [0.3, 0.4) is 0 Å². The number of carbonyl (C=O) groups is 1. The van der Waals surface area contributed by atoms with Crippen LogP contribution in [0.2, 0.25) is 0 Å². The van der Waals surface area contributed by atoms with Gasteiger partial charge in [-0.1, -0.05) is 0 Å². The zero-order valence-corrected chi connectivity index (χ0v) is 18.7. The molecule has 178 valence electrons. The zero-order chi connectivity index (χ0) is 22.7. The molecule has 0 aromatic carbocycles. The van der Waals surface area contributed by atoms with Gasteiger partial charge in [0.2, 0.25) is 23.8 Å². The maximum absolute atomic E-state index is 11.8. The number of aromatic nitrogens is 3. The lowest BCUT2D eigenvalue weighted by atomic mass is 10.0. The number of anilines is 3. The SMILES string of the molecule is N[C@@H]1C[C@H](N)CN(c2nc(NCCCN3CCCC3=O)nc(N3C[C@H](N)C[C@H](N)C3)n2)C1. The van der Waals surface area contributed by atoms with Gasteiger partial charge in [-0.25, -0.2) is 0 Å². The van der Waals surface area contributed by atoms with Gasteiger partial charge < -0.3 is 43.0 Å². The van der Waals surface area contributed by atoms with Crippen molar-refractivity contribution < 1.29 is 4.79 Å². The van der Waals surface area contributed by atoms with Crippen LogP contribution in [0.4, 0.5) is 17.8 Å². The Bertz CT molecular complexity index is 729. The average Bonchev–Trinajstić information content (AvgIpc) is 3.14. The van der Waals surface area contributed by atoms with Crippen LogP contribution in [0.1, 0.15) is 32.1 Å². The van der Waals surface area contributed by atoms with E-state index in [0.717, 1.165) is 38.8 Å². The Morgan fingerprint density at radius 1 is 0.844 bits per heavy atom. The minimum Gasteiger partial charge on any atom is -0.354 e. The molecule has 4 heterocycles. The van der Waals surface area contributed by atoms with E-state index in [4.69, 9.17) is 27.9 Å². The smallest absolute Gasteiger partial charge is 0.232 e. The molecule has 4 atom stereocenters. The molecule has 1 amide bonds. The number of nitrogens with zero attached hydrogens (tertiary/aromatic N) is 6. The summed E-state index contributed by atoms with van der Waals surface area (Å²) >= 11 is 0. The van der Waals surface area contributed by atoms with E-state index in [1.165, 1.54) is 0 Å². The first-order valence-corrected chi connectivity index (χ1v) is 11.7. The van der Waals surface area contributed by atoms with E-state index in [1.807, 2.05) is 14.7 Å². The summed E-state index contributed by atoms with van der Waals surface area (Å²) in [5.41, 5.74) is 24.8. The average molecular weight is 448 g/mol. The fourth-order valence-electron chi connectivity index (χ4n) is 4.81. The van der Waals surface area contributed by atoms with Gasteiger partial charge in [-0.15, -0.1) is 0 Å². The molecule has 1 aromatic heterocycles. The first kappa shape index (κ1) is 22.9. The molecular formula is C20H37N11O. The normalized spacial score (nSPS) is 29.0. The van der Waals surface area contributed by atoms with Crippen LogP contribution in [0.25, 0.3) is 0 Å². The van der Waals surface area contributed by atoms with Gasteiger partial charge >= 0.3 is 0 Å². The van der Waals surface area contributed by atoms with Crippen molar-refractivity contribution in [2.75, 3.05) is 60.9 Å². The molecule has 3 aliphatic rings. The number of carbonyl (C=O) groups excluding carboxylic acids is 1. The van der Waals surface area contributed by atoms with Crippen molar-refractivity contribution in [2.45, 2.75) is 56.3 Å². The van der Waals surface area contributed by atoms with Gasteiger partial charge in [0.25, 0.3) is 0 Å². The van der Waals surface area contributed by atoms with Gasteiger partial charge in [0.15, 0.2) is 0 Å². The van der Waals surface area contributed by atoms with Gasteiger partial charge in [0.05, 0.1) is 0 Å². The summed E-state index contributed by atoms with van der Waals surface area (Å²) in [6.07, 6.45) is 4.00. The van der Waals surface area contributed by atoms with E-state index in [2.05, 4.69) is 15.3 Å². The number of amides is 1. The molecule has 32 heavy (non-hydrogen) atoms. The molecule has 0 spiro atoms. The van der Waals surface area contributed by atoms with E-state index >= 15 is 0 Å². The minimum atomic E-state index is -0.0230. The molecule has 12 nitrogen and oxygen atoms in total. The Hall–Kier alpha value is -2.28. The first-order chi connectivity index (χ1) is 15.4. The van der Waals surface area contributed by atoms with Crippen molar-refractivity contribution >= 4 is 23.8 Å². The Morgan fingerprint density at radius 2 is 1.38 bits per heavy atom. The number of nitrogens with two attached hydrogens (primary N) is 4. The lowest BCUT2D eigenvalue weighted by molar-refractivity contribution is -0.127. The summed E-state index contributed by atoms with van der Waals surface area (Å²) in [5, 5.41) is 3.31. The quantitative estimate of drug-likeness (QED) is 0.292. The van der Waals surface area contributed by atoms with Crippen LogP contribution in [-0.2, 0) is 4.79 Å². The van der Waals surface area contributed by atoms with Crippen LogP contribution in [-0.4, -0.2) is 95.7 Å². The summed E-state index contributed by atoms with van der Waals surface area (Å²) in [4.78, 5) is 31.8. The van der Waals surface area contributed by atoms with Crippen molar-refractivity contribution in [3.63, 3.8) is 0 Å². The Balaban J connectivity index is 1.48. The van der Waals surface area contributed by atoms with Gasteiger partial charge in [0, 0.05) is 76.4 Å². The number of piperidine rings is 2. The van der Waals surface area contributed by atoms with Gasteiger partial charge in [0.1, 0.15) is 0 Å². The predicted molar refractivity (Wildman–Crippen MR) is 124 cm³/mol. The van der Waals surface area contributed by atoms with E-state index < -0.39 is 0 Å². The third kappa shape index (κ3) is 5.74. The molecule has 0 unspecified atom stereocenters. The zero-order valence-electron chi connectivity index (χ0n) is 18.7. The molecule has 3 aliphatic heterocycles. The maximum atomic E-state index is 11.8. The topological polar surface area (TPSA) is 182 Å². The lowest BCUT2D eigenvalue weighted by Crippen LogP contribution is -2.54. The van der Waals surface area contributed by atoms with Crippen molar-refractivity contribution in [2.24, 2.45) is 22.9 Å². The molecule has 3 saturated heterocycles. The number of likely N-dealkylation sites (tertiary alicyclic amines) is 1. The molecule has 9 N–H and O–H groups in total. The summed E-state index contributed by atoms with van der Waals surface area (Å²) < 4.78 is 0. The molecule has 0 aliphatic carbocycles. The second-order valence-corrected chi connectivity index (χ2v) is 9.35. The second-order valence-electron chi connectivity index (χ2n) is 9.35. The third-order valence-corrected chi connectivity index (χ3v) is 6.27. The predicted octanol–water partition coefficient (Wildman–Crippen LogP) is -1.97. The van der Waals surface area contributed by atoms with Crippen LogP contribution >= 0.6 is 0 Å². The van der Waals surface area contributed by atoms with E-state index in [0.29, 0.717) is 57.0 Å². The third-order valence-electron chi connectivity index (χ3n) is 6.27. The number of hydrogen-bond acceptors (Lipinski definition) is 11. The summed E-state index contributed by atoms with van der Waals surface area (Å²) in [6.45, 7) is 4.83. The van der Waals surface area contributed by atoms with E-state index in [1.54, 1.807) is 0 Å². The van der Waals surface area contributed by atoms with Crippen LogP contribution in [0.15, 0.2) is 0 Å². The molecule has 4 rings (SSSR count). The molecule has 0 saturated carbocycles. The highest BCUT2D eigenvalue weighted by Gasteiger charge is 2.28. The fourth-order valence-corrected chi connectivity index (χ4v) is 4.81. The largest absolute Gasteiger partial charge is 0.354 e. The number of rotatable bonds is 7. The molecule has 0 radical (unpaired) electrons. The van der Waals surface area contributed by atoms with E-state index in [9.17, 15) is 4.79 Å². The molecule has 0 bridgehead atoms. The standard InChI is InChI=1S/C20H37N11O/c21-13-7-14(22)10-30(9-13)19-26-18(25-4-2-6-29-5-1-3-17(29)32)27-20(28-19)31-11-15(23)8-16(24)12-31/h13-16H,1-12,21-24H2,(H,25,26,27,28)/t13-,14+,15-,16+. The molecule has 12 heteroatoms. The Morgan fingerprint density at radius 3 is 1.84 bits per heavy atom. The lowest BCUT2D eigenvalue weighted by Gasteiger charge is -2.37. The highest BCUT2D eigenvalue weighted by molar-refractivity contribution is 5.78. The maximum Gasteiger partial charge on any atom is 0.232 e. The first-order valence-electron chi connectivity index (χ1n) is 11.7. The highest BCUT2D eigenvalue weighted by atomic mass is 16.2. The van der Waals surface area contributed by atoms with Crippen molar-refractivity contribution in [3.05, 3.63) is 0 Å². The van der Waals surface area contributed by atoms with Crippen molar-refractivity contribution in [3.8, 4) is 0 Å². The molecule has 1 aromatic rings. The van der Waals surface area contributed by atoms with Crippen LogP contribution < -0.4 is 38.1 Å². The van der Waals surface area contributed by atoms with E-state index in [-0.39, 0.29) is 30.1 Å². The van der Waals surface area contributed by atoms with Gasteiger partial charge in [-0.2, -0.15) is 15.0 Å². The van der Waals surface area contributed by atoms with Crippen molar-refractivity contribution in [1.29, 1.82) is 0 Å². The fraction of sp³-hybridized carbons (Fsp3) is 0.800. The Labute approximate surface area is 189 Å². The Kier molecular flexibility index (Phi) is 7.23. The number of nitrogens with one attached hydrogen (secondary N) is 1. The van der Waals surface area contributed by atoms with Gasteiger partial charge in [-0.05, 0) is 25.7 Å². The molecular weight excluding hydrogens is 410 g/mol. The summed E-state index contributed by atoms with van der Waals surface area (Å²) in [6, 6.07) is -0.0918. The van der Waals surface area contributed by atoms with Crippen LogP contribution in [0.5, 0.6) is 0 Å². The summed E-state index contributed by atoms with van der Waals surface area (Å²) in [5.74, 6) is 1.86. The monoisotopic (exact) mass is 447 g/mol. The number of hydrogen-bond donors (Lipinski definition) is 5. The highest BCUT2D eigenvalue weighted by Crippen LogP contribution is 2.22. The molecule has 3 fully saturated rings. The van der Waals surface area contributed by atoms with Crippen molar-refractivity contribution in [1.82, 2.24) is 19.9 Å². The minimum absolute atomic E-state index is 0.0230.